The summed E-state index contributed by atoms with van der Waals surface area (Å²) in [5, 5.41) is 5.52. The molecule has 0 fully saturated rings. The van der Waals surface area contributed by atoms with Gasteiger partial charge in [0.1, 0.15) is 11.4 Å². The molecule has 0 aliphatic carbocycles. The number of rotatable bonds is 2. The summed E-state index contributed by atoms with van der Waals surface area (Å²) < 4.78 is 1.61. The van der Waals surface area contributed by atoms with Gasteiger partial charge in [0, 0.05) is 17.4 Å². The van der Waals surface area contributed by atoms with Gasteiger partial charge in [0.05, 0.1) is 28.3 Å². The fourth-order valence-electron chi connectivity index (χ4n) is 2.00. The SMILES string of the molecule is Cc1nccnc1-c1nn(-c2ccc(Cl)cc2Cl)cc1N. The third-order valence-electron chi connectivity index (χ3n) is 3.00. The summed E-state index contributed by atoms with van der Waals surface area (Å²) in [5.41, 5.74) is 9.23. The second-order valence-corrected chi connectivity index (χ2v) is 5.31. The first-order chi connectivity index (χ1) is 10.1. The van der Waals surface area contributed by atoms with Crippen molar-refractivity contribution in [3.05, 3.63) is 52.5 Å². The molecule has 0 atom stereocenters. The van der Waals surface area contributed by atoms with E-state index in [-0.39, 0.29) is 0 Å². The molecular weight excluding hydrogens is 309 g/mol. The summed E-state index contributed by atoms with van der Waals surface area (Å²) in [5.74, 6) is 0. The first kappa shape index (κ1) is 13.9. The average Bonchev–Trinajstić information content (AvgIpc) is 2.81. The van der Waals surface area contributed by atoms with Gasteiger partial charge >= 0.3 is 0 Å². The maximum Gasteiger partial charge on any atom is 0.136 e. The molecule has 2 N–H and O–H groups in total. The van der Waals surface area contributed by atoms with Crippen LogP contribution in [0.1, 0.15) is 5.69 Å². The molecule has 106 valence electrons. The quantitative estimate of drug-likeness (QED) is 0.784. The Bertz CT molecular complexity index is 813. The van der Waals surface area contributed by atoms with E-state index in [9.17, 15) is 0 Å². The highest BCUT2D eigenvalue weighted by atomic mass is 35.5. The third-order valence-corrected chi connectivity index (χ3v) is 3.54. The zero-order chi connectivity index (χ0) is 15.0. The highest BCUT2D eigenvalue weighted by Crippen LogP contribution is 2.29. The Morgan fingerprint density at radius 2 is 1.86 bits per heavy atom. The van der Waals surface area contributed by atoms with Gasteiger partial charge in [-0.05, 0) is 25.1 Å². The average molecular weight is 320 g/mol. The van der Waals surface area contributed by atoms with Crippen LogP contribution in [-0.4, -0.2) is 19.7 Å². The number of nitrogen functional groups attached to an aromatic ring is 1. The summed E-state index contributed by atoms with van der Waals surface area (Å²) in [4.78, 5) is 8.48. The molecule has 2 heterocycles. The van der Waals surface area contributed by atoms with Gasteiger partial charge in [-0.3, -0.25) is 9.97 Å². The van der Waals surface area contributed by atoms with E-state index in [1.165, 1.54) is 0 Å². The maximum atomic E-state index is 6.19. The van der Waals surface area contributed by atoms with Gasteiger partial charge in [0.2, 0.25) is 0 Å². The molecule has 0 amide bonds. The van der Waals surface area contributed by atoms with Crippen molar-refractivity contribution >= 4 is 28.9 Å². The van der Waals surface area contributed by atoms with E-state index >= 15 is 0 Å². The Labute approximate surface area is 131 Å². The number of nitrogens with two attached hydrogens (primary N) is 1. The second-order valence-electron chi connectivity index (χ2n) is 4.46. The van der Waals surface area contributed by atoms with Crippen LogP contribution in [0.3, 0.4) is 0 Å². The second kappa shape index (κ2) is 5.35. The van der Waals surface area contributed by atoms with E-state index in [0.29, 0.717) is 32.8 Å². The summed E-state index contributed by atoms with van der Waals surface area (Å²) in [6.07, 6.45) is 4.93. The van der Waals surface area contributed by atoms with Gasteiger partial charge in [-0.15, -0.1) is 0 Å². The van der Waals surface area contributed by atoms with Crippen molar-refractivity contribution in [3.63, 3.8) is 0 Å². The lowest BCUT2D eigenvalue weighted by Gasteiger charge is -2.04. The number of hydrogen-bond donors (Lipinski definition) is 1. The van der Waals surface area contributed by atoms with Crippen LogP contribution >= 0.6 is 23.2 Å². The Balaban J connectivity index is 2.12. The molecule has 1 aromatic carbocycles. The molecule has 0 aliphatic heterocycles. The number of hydrogen-bond acceptors (Lipinski definition) is 4. The molecule has 0 unspecified atom stereocenters. The molecular formula is C14H11Cl2N5. The molecule has 3 rings (SSSR count). The van der Waals surface area contributed by atoms with Gasteiger partial charge in [-0.2, -0.15) is 5.10 Å². The minimum absolute atomic E-state index is 0.493. The lowest BCUT2D eigenvalue weighted by Crippen LogP contribution is -1.97. The minimum Gasteiger partial charge on any atom is -0.396 e. The van der Waals surface area contributed by atoms with Crippen LogP contribution in [0.15, 0.2) is 36.8 Å². The van der Waals surface area contributed by atoms with Crippen molar-refractivity contribution in [2.24, 2.45) is 0 Å². The van der Waals surface area contributed by atoms with Gasteiger partial charge in [-0.25, -0.2) is 4.68 Å². The van der Waals surface area contributed by atoms with E-state index < -0.39 is 0 Å². The van der Waals surface area contributed by atoms with E-state index in [1.54, 1.807) is 41.5 Å². The largest absolute Gasteiger partial charge is 0.396 e. The predicted octanol–water partition coefficient (Wildman–Crippen LogP) is 3.53. The maximum absolute atomic E-state index is 6.19. The standard InChI is InChI=1S/C14H11Cl2N5/c1-8-13(19-5-4-18-8)14-11(17)7-21(20-14)12-3-2-9(15)6-10(12)16/h2-7H,17H2,1H3. The summed E-state index contributed by atoms with van der Waals surface area (Å²) in [7, 11) is 0. The van der Waals surface area contributed by atoms with E-state index in [0.717, 1.165) is 5.69 Å². The topological polar surface area (TPSA) is 69.6 Å². The Morgan fingerprint density at radius 3 is 2.57 bits per heavy atom. The molecule has 21 heavy (non-hydrogen) atoms. The molecule has 0 radical (unpaired) electrons. The van der Waals surface area contributed by atoms with Crippen molar-refractivity contribution < 1.29 is 0 Å². The molecule has 0 aliphatic rings. The highest BCUT2D eigenvalue weighted by molar-refractivity contribution is 6.35. The number of anilines is 1. The van der Waals surface area contributed by atoms with Gasteiger partial charge in [-0.1, -0.05) is 23.2 Å². The van der Waals surface area contributed by atoms with Crippen LogP contribution < -0.4 is 5.73 Å². The predicted molar refractivity (Wildman–Crippen MR) is 83.8 cm³/mol. The van der Waals surface area contributed by atoms with Crippen LogP contribution in [0.5, 0.6) is 0 Å². The number of halogens is 2. The van der Waals surface area contributed by atoms with Crippen molar-refractivity contribution in [2.45, 2.75) is 6.92 Å². The minimum atomic E-state index is 0.493. The monoisotopic (exact) mass is 319 g/mol. The smallest absolute Gasteiger partial charge is 0.136 e. The van der Waals surface area contributed by atoms with Crippen LogP contribution in [0.2, 0.25) is 10.0 Å². The lowest BCUT2D eigenvalue weighted by atomic mass is 10.2. The summed E-state index contributed by atoms with van der Waals surface area (Å²) >= 11 is 12.1. The van der Waals surface area contributed by atoms with Crippen LogP contribution in [-0.2, 0) is 0 Å². The first-order valence-corrected chi connectivity index (χ1v) is 6.90. The molecule has 3 aromatic rings. The van der Waals surface area contributed by atoms with E-state index in [1.807, 2.05) is 6.92 Å². The number of aryl methyl sites for hydroxylation is 1. The molecule has 7 heteroatoms. The van der Waals surface area contributed by atoms with Crippen LogP contribution in [0.25, 0.3) is 17.1 Å². The number of aromatic nitrogens is 4. The summed E-state index contributed by atoms with van der Waals surface area (Å²) in [6.45, 7) is 1.86. The molecule has 0 spiro atoms. The lowest BCUT2D eigenvalue weighted by molar-refractivity contribution is 0.881. The van der Waals surface area contributed by atoms with Crippen LogP contribution in [0, 0.1) is 6.92 Å². The van der Waals surface area contributed by atoms with Gasteiger partial charge in [0.25, 0.3) is 0 Å². The van der Waals surface area contributed by atoms with Crippen molar-refractivity contribution in [1.82, 2.24) is 19.7 Å². The van der Waals surface area contributed by atoms with Crippen molar-refractivity contribution in [3.8, 4) is 17.1 Å². The molecule has 2 aromatic heterocycles. The Morgan fingerprint density at radius 1 is 1.10 bits per heavy atom. The zero-order valence-corrected chi connectivity index (χ0v) is 12.6. The fourth-order valence-corrected chi connectivity index (χ4v) is 2.50. The van der Waals surface area contributed by atoms with Crippen molar-refractivity contribution in [1.29, 1.82) is 0 Å². The van der Waals surface area contributed by atoms with Crippen LogP contribution in [0.4, 0.5) is 5.69 Å². The van der Waals surface area contributed by atoms with Gasteiger partial charge in [0.15, 0.2) is 0 Å². The Hall–Kier alpha value is -2.11. The number of benzene rings is 1. The number of nitrogens with zero attached hydrogens (tertiary/aromatic N) is 4. The van der Waals surface area contributed by atoms with E-state index in [4.69, 9.17) is 28.9 Å². The first-order valence-electron chi connectivity index (χ1n) is 6.15. The fraction of sp³-hybridized carbons (Fsp3) is 0.0714. The Kier molecular flexibility index (Phi) is 3.53. The zero-order valence-electron chi connectivity index (χ0n) is 11.1. The summed E-state index contributed by atoms with van der Waals surface area (Å²) in [6, 6.07) is 5.18. The van der Waals surface area contributed by atoms with Gasteiger partial charge < -0.3 is 5.73 Å². The molecule has 0 saturated heterocycles. The normalized spacial score (nSPS) is 10.8. The molecule has 0 bridgehead atoms. The highest BCUT2D eigenvalue weighted by Gasteiger charge is 2.15. The third kappa shape index (κ3) is 2.57. The molecule has 0 saturated carbocycles. The van der Waals surface area contributed by atoms with E-state index in [2.05, 4.69) is 15.1 Å². The van der Waals surface area contributed by atoms with Crippen molar-refractivity contribution in [2.75, 3.05) is 5.73 Å². The molecule has 5 nitrogen and oxygen atoms in total.